The fourth-order valence-corrected chi connectivity index (χ4v) is 6.32. The zero-order chi connectivity index (χ0) is 25.8. The SMILES string of the molecule is Nc1cc[n+](CCC=CC2=C(C(=O)O)N3C(=O)C(NC(=O)CSc4cc(Cl)ccc4Cl)C3SC2)cn1. The molecule has 1 aromatic heterocycles. The molecule has 0 aliphatic carbocycles. The van der Waals surface area contributed by atoms with Gasteiger partial charge in [0.2, 0.25) is 11.7 Å². The maximum Gasteiger partial charge on any atom is 0.352 e. The highest BCUT2D eigenvalue weighted by Gasteiger charge is 2.53. The number of anilines is 1. The normalized spacial score (nSPS) is 19.3. The number of amides is 2. The lowest BCUT2D eigenvalue weighted by molar-refractivity contribution is -0.698. The van der Waals surface area contributed by atoms with Gasteiger partial charge in [-0.3, -0.25) is 14.5 Å². The first-order valence-corrected chi connectivity index (χ1v) is 13.6. The van der Waals surface area contributed by atoms with E-state index in [9.17, 15) is 19.5 Å². The molecule has 2 aliphatic rings. The van der Waals surface area contributed by atoms with Gasteiger partial charge in [0.1, 0.15) is 17.1 Å². The van der Waals surface area contributed by atoms with Gasteiger partial charge >= 0.3 is 5.97 Å². The van der Waals surface area contributed by atoms with Gasteiger partial charge in [0.15, 0.2) is 0 Å². The second kappa shape index (κ2) is 11.5. The van der Waals surface area contributed by atoms with E-state index in [0.29, 0.717) is 45.1 Å². The molecule has 1 saturated heterocycles. The van der Waals surface area contributed by atoms with Crippen LogP contribution >= 0.6 is 46.7 Å². The fourth-order valence-electron chi connectivity index (χ4n) is 3.69. The average molecular weight is 568 g/mol. The van der Waals surface area contributed by atoms with Gasteiger partial charge in [0.05, 0.1) is 23.5 Å². The molecule has 2 unspecified atom stereocenters. The van der Waals surface area contributed by atoms with Crippen molar-refractivity contribution in [2.24, 2.45) is 0 Å². The lowest BCUT2D eigenvalue weighted by atomic mass is 10.0. The molecular weight excluding hydrogens is 545 g/mol. The highest BCUT2D eigenvalue weighted by atomic mass is 35.5. The molecule has 2 amide bonds. The number of hydrogen-bond donors (Lipinski definition) is 3. The van der Waals surface area contributed by atoms with Crippen LogP contribution < -0.4 is 15.6 Å². The molecule has 0 radical (unpaired) electrons. The Balaban J connectivity index is 1.35. The Bertz CT molecular complexity index is 1260. The van der Waals surface area contributed by atoms with Crippen LogP contribution in [0.2, 0.25) is 10.0 Å². The van der Waals surface area contributed by atoms with Crippen molar-refractivity contribution >= 4 is 70.3 Å². The third kappa shape index (κ3) is 5.97. The van der Waals surface area contributed by atoms with Crippen LogP contribution in [0.4, 0.5) is 5.82 Å². The number of nitrogens with zero attached hydrogens (tertiary/aromatic N) is 3. The topological polar surface area (TPSA) is 130 Å². The van der Waals surface area contributed by atoms with Crippen molar-refractivity contribution in [1.29, 1.82) is 0 Å². The van der Waals surface area contributed by atoms with Gasteiger partial charge in [-0.2, -0.15) is 0 Å². The maximum atomic E-state index is 12.8. The average Bonchev–Trinajstić information content (AvgIpc) is 2.86. The summed E-state index contributed by atoms with van der Waals surface area (Å²) in [6.07, 6.45) is 7.68. The van der Waals surface area contributed by atoms with Crippen LogP contribution in [0, 0.1) is 0 Å². The van der Waals surface area contributed by atoms with Crippen LogP contribution in [0.3, 0.4) is 0 Å². The Kier molecular flexibility index (Phi) is 8.45. The number of aromatic nitrogens is 2. The number of halogens is 2. The summed E-state index contributed by atoms with van der Waals surface area (Å²) in [6.45, 7) is 0.643. The first-order valence-electron chi connectivity index (χ1n) is 10.8. The third-order valence-corrected chi connectivity index (χ3v) is 8.47. The molecule has 1 fully saturated rings. The first-order chi connectivity index (χ1) is 17.2. The molecule has 9 nitrogen and oxygen atoms in total. The van der Waals surface area contributed by atoms with Gasteiger partial charge in [0, 0.05) is 28.2 Å². The molecule has 13 heteroatoms. The van der Waals surface area contributed by atoms with Gasteiger partial charge in [-0.15, -0.1) is 23.5 Å². The van der Waals surface area contributed by atoms with Gasteiger partial charge < -0.3 is 16.2 Å². The monoisotopic (exact) mass is 566 g/mol. The molecule has 188 valence electrons. The number of benzene rings is 1. The summed E-state index contributed by atoms with van der Waals surface area (Å²) in [5.74, 6) is -1.10. The number of allylic oxidation sites excluding steroid dienone is 2. The van der Waals surface area contributed by atoms with E-state index < -0.39 is 23.3 Å². The minimum absolute atomic E-state index is 0.0401. The van der Waals surface area contributed by atoms with Crippen molar-refractivity contribution in [1.82, 2.24) is 15.2 Å². The van der Waals surface area contributed by atoms with Crippen LogP contribution in [-0.2, 0) is 20.9 Å². The number of carbonyl (C=O) groups excluding carboxylic acids is 2. The number of nitrogens with one attached hydrogen (secondary N) is 1. The van der Waals surface area contributed by atoms with Crippen LogP contribution in [0.1, 0.15) is 6.42 Å². The highest BCUT2D eigenvalue weighted by Crippen LogP contribution is 2.40. The molecular formula is C23H22Cl2N5O4S2+. The van der Waals surface area contributed by atoms with Crippen molar-refractivity contribution in [3.05, 3.63) is 70.3 Å². The second-order valence-corrected chi connectivity index (χ2v) is 10.9. The first kappa shape index (κ1) is 26.3. The van der Waals surface area contributed by atoms with Crippen LogP contribution in [-0.4, -0.2) is 55.7 Å². The lowest BCUT2D eigenvalue weighted by Crippen LogP contribution is -2.70. The minimum Gasteiger partial charge on any atom is -0.477 e. The number of hydrogen-bond acceptors (Lipinski definition) is 7. The number of aliphatic carboxylic acids is 1. The minimum atomic E-state index is -1.18. The number of thioether (sulfide) groups is 2. The number of carboxylic acid groups (broad SMARTS) is 1. The Morgan fingerprint density at radius 1 is 1.36 bits per heavy atom. The second-order valence-electron chi connectivity index (χ2n) is 7.91. The highest BCUT2D eigenvalue weighted by molar-refractivity contribution is 8.00. The maximum absolute atomic E-state index is 12.8. The largest absolute Gasteiger partial charge is 0.477 e. The van der Waals surface area contributed by atoms with Crippen molar-refractivity contribution < 1.29 is 24.1 Å². The van der Waals surface area contributed by atoms with E-state index in [1.165, 1.54) is 28.4 Å². The quantitative estimate of drug-likeness (QED) is 0.240. The predicted molar refractivity (Wildman–Crippen MR) is 139 cm³/mol. The zero-order valence-electron chi connectivity index (χ0n) is 18.8. The fraction of sp³-hybridized carbons (Fsp3) is 0.261. The number of β-lactam (4-membered cyclic amide) rings is 1. The van der Waals surface area contributed by atoms with Gasteiger partial charge in [-0.25, -0.2) is 9.36 Å². The summed E-state index contributed by atoms with van der Waals surface area (Å²) in [5, 5.41) is 13.0. The summed E-state index contributed by atoms with van der Waals surface area (Å²) in [5.41, 5.74) is 6.08. The van der Waals surface area contributed by atoms with Gasteiger partial charge in [-0.05, 0) is 28.8 Å². The van der Waals surface area contributed by atoms with E-state index in [4.69, 9.17) is 28.9 Å². The summed E-state index contributed by atoms with van der Waals surface area (Å²) >= 11 is 14.7. The number of aryl methyl sites for hydroxylation is 1. The Hall–Kier alpha value is -2.73. The lowest BCUT2D eigenvalue weighted by Gasteiger charge is -2.49. The van der Waals surface area contributed by atoms with Crippen molar-refractivity contribution in [2.45, 2.75) is 29.3 Å². The number of rotatable bonds is 9. The molecule has 2 aromatic rings. The molecule has 0 spiro atoms. The van der Waals surface area contributed by atoms with E-state index in [2.05, 4.69) is 10.3 Å². The smallest absolute Gasteiger partial charge is 0.352 e. The van der Waals surface area contributed by atoms with Gasteiger partial charge in [0.25, 0.3) is 12.2 Å². The number of carbonyl (C=O) groups is 3. The summed E-state index contributed by atoms with van der Waals surface area (Å²) in [7, 11) is 0. The van der Waals surface area contributed by atoms with Crippen LogP contribution in [0.5, 0.6) is 0 Å². The number of carboxylic acids is 1. The van der Waals surface area contributed by atoms with E-state index in [1.807, 2.05) is 16.8 Å². The summed E-state index contributed by atoms with van der Waals surface area (Å²) < 4.78 is 1.86. The molecule has 2 atom stereocenters. The molecule has 36 heavy (non-hydrogen) atoms. The Labute approximate surface area is 225 Å². The standard InChI is InChI=1S/C23H21Cl2N5O4S2/c24-14-4-5-15(25)16(9-14)35-11-18(31)28-19-21(32)30-20(23(33)34)13(10-36-22(19)30)3-1-2-7-29-8-6-17(26)27-12-29/h1,3-6,8-9,12,19,22,26H,2,7,10-11H2,(H2,28,31,33,34)/p+1. The Morgan fingerprint density at radius 3 is 2.89 bits per heavy atom. The predicted octanol–water partition coefficient (Wildman–Crippen LogP) is 2.74. The van der Waals surface area contributed by atoms with Gasteiger partial charge in [-0.1, -0.05) is 35.4 Å². The third-order valence-electron chi connectivity index (χ3n) is 5.43. The van der Waals surface area contributed by atoms with E-state index in [0.717, 1.165) is 0 Å². The molecule has 4 N–H and O–H groups in total. The molecule has 1 aromatic carbocycles. The number of fused-ring (bicyclic) bond motifs is 1. The zero-order valence-corrected chi connectivity index (χ0v) is 21.9. The summed E-state index contributed by atoms with van der Waals surface area (Å²) in [6, 6.07) is 5.88. The number of nitrogens with two attached hydrogens (primary N) is 1. The van der Waals surface area contributed by atoms with E-state index in [1.54, 1.807) is 36.7 Å². The molecule has 4 rings (SSSR count). The van der Waals surface area contributed by atoms with E-state index in [-0.39, 0.29) is 17.4 Å². The summed E-state index contributed by atoms with van der Waals surface area (Å²) in [4.78, 5) is 43.2. The van der Waals surface area contributed by atoms with Crippen LogP contribution in [0.25, 0.3) is 0 Å². The molecule has 3 heterocycles. The van der Waals surface area contributed by atoms with Crippen LogP contribution in [0.15, 0.2) is 65.1 Å². The van der Waals surface area contributed by atoms with Crippen molar-refractivity contribution in [3.8, 4) is 0 Å². The van der Waals surface area contributed by atoms with E-state index >= 15 is 0 Å². The molecule has 0 saturated carbocycles. The Morgan fingerprint density at radius 2 is 2.17 bits per heavy atom. The van der Waals surface area contributed by atoms with Crippen molar-refractivity contribution in [3.63, 3.8) is 0 Å². The molecule has 0 bridgehead atoms. The van der Waals surface area contributed by atoms with Crippen molar-refractivity contribution in [2.75, 3.05) is 17.2 Å². The number of nitrogen functional groups attached to an aromatic ring is 1. The molecule has 2 aliphatic heterocycles.